The summed E-state index contributed by atoms with van der Waals surface area (Å²) in [5.41, 5.74) is -0.615. The van der Waals surface area contributed by atoms with Crippen LogP contribution in [0, 0.1) is 10.8 Å². The van der Waals surface area contributed by atoms with Crippen molar-refractivity contribution in [2.24, 2.45) is 10.8 Å². The van der Waals surface area contributed by atoms with E-state index in [1.54, 1.807) is 9.80 Å². The Morgan fingerprint density at radius 2 is 1.69 bits per heavy atom. The zero-order valence-electron chi connectivity index (χ0n) is 19.2. The Morgan fingerprint density at radius 3 is 2.28 bits per heavy atom. The lowest BCUT2D eigenvalue weighted by Crippen LogP contribution is -2.53. The van der Waals surface area contributed by atoms with Crippen LogP contribution in [0.2, 0.25) is 0 Å². The van der Waals surface area contributed by atoms with Gasteiger partial charge in [-0.15, -0.1) is 0 Å². The van der Waals surface area contributed by atoms with Gasteiger partial charge in [0, 0.05) is 38.1 Å². The lowest BCUT2D eigenvalue weighted by Gasteiger charge is -2.46. The standard InChI is InChI=1S/C24H33N3O5/c1-22(2,3)32-21(30)26-13-10-23(11-14-26)16-27(17-24(23)9-12-25-19(24)28)20(29)31-15-18-7-5-4-6-8-18/h4-8H,9-17H2,1-3H3,(H,25,28)/t24-/m0/s1. The number of carbonyl (C=O) groups excluding carboxylic acids is 3. The summed E-state index contributed by atoms with van der Waals surface area (Å²) >= 11 is 0. The monoisotopic (exact) mass is 443 g/mol. The number of nitrogens with zero attached hydrogens (tertiary/aromatic N) is 2. The summed E-state index contributed by atoms with van der Waals surface area (Å²) in [4.78, 5) is 41.9. The zero-order valence-corrected chi connectivity index (χ0v) is 19.2. The molecule has 1 aromatic carbocycles. The van der Waals surface area contributed by atoms with E-state index in [9.17, 15) is 14.4 Å². The van der Waals surface area contributed by atoms with E-state index in [4.69, 9.17) is 9.47 Å². The molecule has 2 spiro atoms. The van der Waals surface area contributed by atoms with Crippen molar-refractivity contribution >= 4 is 18.1 Å². The molecule has 3 amide bonds. The predicted octanol–water partition coefficient (Wildman–Crippen LogP) is 3.16. The SMILES string of the molecule is CC(C)(C)OC(=O)N1CCC2(CC1)CN(C(=O)OCc1ccccc1)C[C@]21CCNC1=O. The van der Waals surface area contributed by atoms with E-state index in [0.29, 0.717) is 52.0 Å². The van der Waals surface area contributed by atoms with Gasteiger partial charge in [0.05, 0.1) is 5.41 Å². The van der Waals surface area contributed by atoms with Crippen molar-refractivity contribution in [3.05, 3.63) is 35.9 Å². The minimum Gasteiger partial charge on any atom is -0.445 e. The number of fused-ring (bicyclic) bond motifs is 1. The van der Waals surface area contributed by atoms with Gasteiger partial charge in [-0.25, -0.2) is 9.59 Å². The first-order valence-electron chi connectivity index (χ1n) is 11.4. The molecule has 3 aliphatic rings. The molecule has 0 saturated carbocycles. The van der Waals surface area contributed by atoms with Crippen molar-refractivity contribution in [1.29, 1.82) is 0 Å². The minimum absolute atomic E-state index is 0.0153. The molecule has 3 saturated heterocycles. The van der Waals surface area contributed by atoms with E-state index in [0.717, 1.165) is 5.56 Å². The van der Waals surface area contributed by atoms with E-state index in [1.165, 1.54) is 0 Å². The van der Waals surface area contributed by atoms with E-state index < -0.39 is 11.0 Å². The zero-order chi connectivity index (χ0) is 23.0. The molecule has 174 valence electrons. The summed E-state index contributed by atoms with van der Waals surface area (Å²) < 4.78 is 11.1. The van der Waals surface area contributed by atoms with Gasteiger partial charge in [-0.3, -0.25) is 4.79 Å². The molecule has 0 unspecified atom stereocenters. The predicted molar refractivity (Wildman–Crippen MR) is 118 cm³/mol. The third-order valence-electron chi connectivity index (χ3n) is 7.08. The Morgan fingerprint density at radius 1 is 1.00 bits per heavy atom. The number of ether oxygens (including phenoxy) is 2. The average Bonchev–Trinajstić information content (AvgIpc) is 3.28. The van der Waals surface area contributed by atoms with Crippen LogP contribution in [0.5, 0.6) is 0 Å². The van der Waals surface area contributed by atoms with Gasteiger partial charge in [-0.05, 0) is 45.6 Å². The molecular formula is C24H33N3O5. The van der Waals surface area contributed by atoms with Crippen LogP contribution in [0.1, 0.15) is 45.6 Å². The highest BCUT2D eigenvalue weighted by Gasteiger charge is 2.64. The van der Waals surface area contributed by atoms with Crippen LogP contribution in [0.4, 0.5) is 9.59 Å². The average molecular weight is 444 g/mol. The third kappa shape index (κ3) is 4.14. The molecule has 8 nitrogen and oxygen atoms in total. The molecule has 1 N–H and O–H groups in total. The Kier molecular flexibility index (Phi) is 5.81. The number of likely N-dealkylation sites (tertiary alicyclic amines) is 2. The molecule has 1 aromatic rings. The first kappa shape index (κ1) is 22.4. The van der Waals surface area contributed by atoms with E-state index in [2.05, 4.69) is 5.32 Å². The molecule has 0 aromatic heterocycles. The molecule has 4 rings (SSSR count). The smallest absolute Gasteiger partial charge is 0.410 e. The largest absolute Gasteiger partial charge is 0.445 e. The molecule has 8 heteroatoms. The molecule has 0 aliphatic carbocycles. The van der Waals surface area contributed by atoms with Crippen molar-refractivity contribution in [2.45, 2.75) is 52.2 Å². The quantitative estimate of drug-likeness (QED) is 0.759. The van der Waals surface area contributed by atoms with Crippen LogP contribution in [0.25, 0.3) is 0 Å². The van der Waals surface area contributed by atoms with E-state index in [1.807, 2.05) is 51.1 Å². The van der Waals surface area contributed by atoms with Gasteiger partial charge in [0.25, 0.3) is 0 Å². The number of carbonyl (C=O) groups is 3. The Labute approximate surface area is 189 Å². The first-order valence-corrected chi connectivity index (χ1v) is 11.4. The highest BCUT2D eigenvalue weighted by atomic mass is 16.6. The number of hydrogen-bond donors (Lipinski definition) is 1. The van der Waals surface area contributed by atoms with Crippen LogP contribution in [0.15, 0.2) is 30.3 Å². The minimum atomic E-state index is -0.626. The van der Waals surface area contributed by atoms with E-state index >= 15 is 0 Å². The van der Waals surface area contributed by atoms with Gasteiger partial charge in [0.2, 0.25) is 5.91 Å². The van der Waals surface area contributed by atoms with Gasteiger partial charge in [-0.2, -0.15) is 0 Å². The maximum absolute atomic E-state index is 13.0. The number of rotatable bonds is 2. The summed E-state index contributed by atoms with van der Waals surface area (Å²) in [5.74, 6) is 0.0153. The second-order valence-electron chi connectivity index (χ2n) is 10.2. The molecule has 32 heavy (non-hydrogen) atoms. The van der Waals surface area contributed by atoms with Crippen LogP contribution in [-0.4, -0.2) is 66.2 Å². The third-order valence-corrected chi connectivity index (χ3v) is 7.08. The van der Waals surface area contributed by atoms with Gasteiger partial charge in [0.1, 0.15) is 12.2 Å². The molecule has 3 heterocycles. The molecule has 0 bridgehead atoms. The Hall–Kier alpha value is -2.77. The summed E-state index contributed by atoms with van der Waals surface area (Å²) in [6.45, 7) is 8.22. The fraction of sp³-hybridized carbons (Fsp3) is 0.625. The molecule has 3 aliphatic heterocycles. The second kappa shape index (κ2) is 8.30. The highest BCUT2D eigenvalue weighted by molar-refractivity contribution is 5.87. The normalized spacial score (nSPS) is 24.7. The fourth-order valence-corrected chi connectivity index (χ4v) is 5.42. The molecular weight excluding hydrogens is 410 g/mol. The van der Waals surface area contributed by atoms with Gasteiger partial charge in [-0.1, -0.05) is 30.3 Å². The number of hydrogen-bond acceptors (Lipinski definition) is 5. The number of amides is 3. The van der Waals surface area contributed by atoms with Crippen LogP contribution in [0.3, 0.4) is 0 Å². The van der Waals surface area contributed by atoms with Gasteiger partial charge < -0.3 is 24.6 Å². The van der Waals surface area contributed by atoms with Crippen LogP contribution in [-0.2, 0) is 20.9 Å². The van der Waals surface area contributed by atoms with Gasteiger partial charge >= 0.3 is 12.2 Å². The maximum Gasteiger partial charge on any atom is 0.410 e. The fourth-order valence-electron chi connectivity index (χ4n) is 5.42. The van der Waals surface area contributed by atoms with Crippen molar-refractivity contribution in [3.63, 3.8) is 0 Å². The van der Waals surface area contributed by atoms with Crippen molar-refractivity contribution in [3.8, 4) is 0 Å². The molecule has 3 fully saturated rings. The van der Waals surface area contributed by atoms with Gasteiger partial charge in [0.15, 0.2) is 0 Å². The van der Waals surface area contributed by atoms with Crippen molar-refractivity contribution in [1.82, 2.24) is 15.1 Å². The summed E-state index contributed by atoms with van der Waals surface area (Å²) in [6, 6.07) is 9.56. The molecule has 0 radical (unpaired) electrons. The van der Waals surface area contributed by atoms with Crippen molar-refractivity contribution < 1.29 is 23.9 Å². The lowest BCUT2D eigenvalue weighted by atomic mass is 9.60. The summed E-state index contributed by atoms with van der Waals surface area (Å²) in [6.07, 6.45) is 1.29. The lowest BCUT2D eigenvalue weighted by molar-refractivity contribution is -0.134. The summed E-state index contributed by atoms with van der Waals surface area (Å²) in [7, 11) is 0. The Bertz CT molecular complexity index is 873. The number of piperidine rings is 1. The highest BCUT2D eigenvalue weighted by Crippen LogP contribution is 2.56. The Balaban J connectivity index is 1.46. The maximum atomic E-state index is 13.0. The second-order valence-corrected chi connectivity index (χ2v) is 10.2. The summed E-state index contributed by atoms with van der Waals surface area (Å²) in [5, 5.41) is 2.98. The first-order chi connectivity index (χ1) is 15.1. The topological polar surface area (TPSA) is 88.2 Å². The number of benzene rings is 1. The van der Waals surface area contributed by atoms with Crippen LogP contribution < -0.4 is 5.32 Å². The van der Waals surface area contributed by atoms with Crippen LogP contribution >= 0.6 is 0 Å². The van der Waals surface area contributed by atoms with Crippen molar-refractivity contribution in [2.75, 3.05) is 32.7 Å². The molecule has 1 atom stereocenters. The van der Waals surface area contributed by atoms with E-state index in [-0.39, 0.29) is 30.1 Å². The number of nitrogens with one attached hydrogen (secondary N) is 1.